The van der Waals surface area contributed by atoms with E-state index in [1.807, 2.05) is 0 Å². The number of benzene rings is 2. The molecule has 0 aliphatic carbocycles. The van der Waals surface area contributed by atoms with Gasteiger partial charge in [-0.3, -0.25) is 24.3 Å². The molecule has 0 fully saturated rings. The van der Waals surface area contributed by atoms with Gasteiger partial charge in [0.05, 0.1) is 36.1 Å². The van der Waals surface area contributed by atoms with E-state index >= 15 is 0 Å². The van der Waals surface area contributed by atoms with Crippen LogP contribution in [-0.2, 0) is 9.59 Å². The number of halogens is 2. The summed E-state index contributed by atoms with van der Waals surface area (Å²) in [7, 11) is 0. The number of aromatic hydroxyl groups is 2. The Balaban J connectivity index is 2.06. The van der Waals surface area contributed by atoms with Crippen molar-refractivity contribution in [1.29, 1.82) is 0 Å². The molecule has 2 amide bonds. The summed E-state index contributed by atoms with van der Waals surface area (Å²) < 4.78 is 0.128. The van der Waals surface area contributed by atoms with Gasteiger partial charge in [0.2, 0.25) is 5.91 Å². The van der Waals surface area contributed by atoms with Crippen molar-refractivity contribution in [3.8, 4) is 11.5 Å². The van der Waals surface area contributed by atoms with Crippen LogP contribution in [-0.4, -0.2) is 74.8 Å². The number of hydrogen-bond acceptors (Lipinski definition) is 10. The first-order valence-corrected chi connectivity index (χ1v) is 11.7. The number of anilines is 1. The molecule has 0 saturated carbocycles. The van der Waals surface area contributed by atoms with Crippen LogP contribution < -0.4 is 16.4 Å². The van der Waals surface area contributed by atoms with Crippen LogP contribution in [0.1, 0.15) is 28.4 Å². The number of β-amino-alcohol motifs (C(OH)–C–C–N with tert-alkyl or cyclic N) is 1. The number of aliphatic hydroxyl groups is 1. The van der Waals surface area contributed by atoms with Crippen molar-refractivity contribution in [2.24, 2.45) is 10.7 Å². The van der Waals surface area contributed by atoms with E-state index in [1.165, 1.54) is 24.3 Å². The van der Waals surface area contributed by atoms with Gasteiger partial charge in [0.15, 0.2) is 5.96 Å². The minimum atomic E-state index is -1.48. The third-order valence-electron chi connectivity index (χ3n) is 5.15. The first-order valence-electron chi connectivity index (χ1n) is 10.5. The molecule has 192 valence electrons. The van der Waals surface area contributed by atoms with Crippen molar-refractivity contribution in [1.82, 2.24) is 10.2 Å². The number of aliphatic carboxylic acids is 1. The second-order valence-electron chi connectivity index (χ2n) is 7.83. The second-order valence-corrected chi connectivity index (χ2v) is 9.12. The van der Waals surface area contributed by atoms with Gasteiger partial charge in [0.1, 0.15) is 11.5 Å². The highest BCUT2D eigenvalue weighted by Crippen LogP contribution is 2.39. The number of phenolic OH excluding ortho intramolecular Hbond substituents is 2. The van der Waals surface area contributed by atoms with Crippen molar-refractivity contribution in [3.05, 3.63) is 51.0 Å². The molecule has 1 aliphatic rings. The molecule has 2 aromatic carbocycles. The van der Waals surface area contributed by atoms with E-state index < -0.39 is 48.6 Å². The Labute approximate surface area is 218 Å². The number of nitrogens with one attached hydrogen (secondary N) is 2. The van der Waals surface area contributed by atoms with Gasteiger partial charge < -0.3 is 36.8 Å². The Morgan fingerprint density at radius 3 is 2.58 bits per heavy atom. The first kappa shape index (κ1) is 27.2. The van der Waals surface area contributed by atoms with Crippen molar-refractivity contribution in [2.75, 3.05) is 25.0 Å². The van der Waals surface area contributed by atoms with Crippen LogP contribution in [0.2, 0.25) is 5.02 Å². The standard InChI is InChI=1S/C22H23BrClN5O7/c23-16-4-11(24)3-15(20(16)35)17(6-19(33)34)29(18(32)7-25)21(36)10-1-12(5-13(30)2-10)28-22-26-8-14(31)9-27-22/h1-5,14,17,30-31,35H,6-9,25H2,(H,33,34)(H2,26,27,28). The quantitative estimate of drug-likeness (QED) is 0.250. The van der Waals surface area contributed by atoms with Gasteiger partial charge in [0.25, 0.3) is 5.91 Å². The molecule has 2 aromatic rings. The van der Waals surface area contributed by atoms with E-state index in [-0.39, 0.29) is 51.1 Å². The third-order valence-corrected chi connectivity index (χ3v) is 5.97. The Kier molecular flexibility index (Phi) is 8.74. The first-order chi connectivity index (χ1) is 17.0. The SMILES string of the molecule is NCC(=O)N(C(=O)c1cc(O)cc(NC2=NCC(O)CN2)c1)C(CC(=O)O)c1cc(Cl)cc(Br)c1O. The molecule has 1 aliphatic heterocycles. The minimum absolute atomic E-state index is 0.0928. The maximum Gasteiger partial charge on any atom is 0.305 e. The van der Waals surface area contributed by atoms with Crippen LogP contribution in [0.3, 0.4) is 0 Å². The van der Waals surface area contributed by atoms with Gasteiger partial charge in [0, 0.05) is 34.4 Å². The van der Waals surface area contributed by atoms with Crippen LogP contribution in [0.5, 0.6) is 11.5 Å². The van der Waals surface area contributed by atoms with Gasteiger partial charge >= 0.3 is 5.97 Å². The average molecular weight is 585 g/mol. The Morgan fingerprint density at radius 2 is 1.97 bits per heavy atom. The zero-order valence-corrected chi connectivity index (χ0v) is 21.0. The summed E-state index contributed by atoms with van der Waals surface area (Å²) in [6, 6.07) is 4.84. The zero-order chi connectivity index (χ0) is 26.6. The lowest BCUT2D eigenvalue weighted by Crippen LogP contribution is -2.44. The molecule has 0 radical (unpaired) electrons. The van der Waals surface area contributed by atoms with Gasteiger partial charge in [-0.25, -0.2) is 0 Å². The molecule has 3 rings (SSSR count). The fraction of sp³-hybridized carbons (Fsp3) is 0.273. The molecule has 0 spiro atoms. The number of phenols is 2. The molecule has 2 atom stereocenters. The predicted molar refractivity (Wildman–Crippen MR) is 134 cm³/mol. The summed E-state index contributed by atoms with van der Waals surface area (Å²) >= 11 is 9.20. The normalized spacial score (nSPS) is 15.9. The predicted octanol–water partition coefficient (Wildman–Crippen LogP) is 1.39. The highest BCUT2D eigenvalue weighted by Gasteiger charge is 2.35. The molecule has 1 heterocycles. The van der Waals surface area contributed by atoms with E-state index in [0.29, 0.717) is 4.90 Å². The monoisotopic (exact) mass is 583 g/mol. The summed E-state index contributed by atoms with van der Waals surface area (Å²) in [6.07, 6.45) is -1.41. The fourth-order valence-corrected chi connectivity index (χ4v) is 4.40. The van der Waals surface area contributed by atoms with Crippen LogP contribution in [0.15, 0.2) is 39.8 Å². The molecule has 2 unspecified atom stereocenters. The van der Waals surface area contributed by atoms with E-state index in [4.69, 9.17) is 17.3 Å². The number of carboxylic acid groups (broad SMARTS) is 1. The lowest BCUT2D eigenvalue weighted by atomic mass is 9.99. The zero-order valence-electron chi connectivity index (χ0n) is 18.6. The Bertz CT molecular complexity index is 1230. The maximum absolute atomic E-state index is 13.6. The second kappa shape index (κ2) is 11.6. The molecule has 8 N–H and O–H groups in total. The lowest BCUT2D eigenvalue weighted by molar-refractivity contribution is -0.139. The number of imide groups is 1. The molecule has 0 aromatic heterocycles. The lowest BCUT2D eigenvalue weighted by Gasteiger charge is -2.30. The van der Waals surface area contributed by atoms with Gasteiger partial charge in [-0.05, 0) is 40.2 Å². The summed E-state index contributed by atoms with van der Waals surface area (Å²) in [4.78, 5) is 42.8. The largest absolute Gasteiger partial charge is 0.508 e. The van der Waals surface area contributed by atoms with Crippen LogP contribution in [0.25, 0.3) is 0 Å². The number of hydrogen-bond donors (Lipinski definition) is 7. The van der Waals surface area contributed by atoms with Crippen LogP contribution >= 0.6 is 27.5 Å². The molecular formula is C22H23BrClN5O7. The summed E-state index contributed by atoms with van der Waals surface area (Å²) in [5.41, 5.74) is 5.49. The van der Waals surface area contributed by atoms with E-state index in [0.717, 1.165) is 6.07 Å². The summed E-state index contributed by atoms with van der Waals surface area (Å²) in [5.74, 6) is -3.71. The van der Waals surface area contributed by atoms with Crippen LogP contribution in [0.4, 0.5) is 5.69 Å². The van der Waals surface area contributed by atoms with E-state index in [1.54, 1.807) is 0 Å². The third kappa shape index (κ3) is 6.43. The number of nitrogens with zero attached hydrogens (tertiary/aromatic N) is 2. The van der Waals surface area contributed by atoms with E-state index in [9.17, 15) is 34.8 Å². The van der Waals surface area contributed by atoms with Crippen molar-refractivity contribution in [2.45, 2.75) is 18.6 Å². The fourth-order valence-electron chi connectivity index (χ4n) is 3.57. The number of amides is 2. The number of guanidine groups is 1. The number of aliphatic imine (C=N–C) groups is 1. The average Bonchev–Trinajstić information content (AvgIpc) is 2.81. The number of carboxylic acids is 1. The number of carbonyl (C=O) groups excluding carboxylic acids is 2. The Hall–Kier alpha value is -3.39. The summed E-state index contributed by atoms with van der Waals surface area (Å²) in [6.45, 7) is -0.254. The highest BCUT2D eigenvalue weighted by molar-refractivity contribution is 9.10. The number of aliphatic hydroxyl groups excluding tert-OH is 1. The molecule has 36 heavy (non-hydrogen) atoms. The van der Waals surface area contributed by atoms with Gasteiger partial charge in [-0.1, -0.05) is 11.6 Å². The number of rotatable bonds is 7. The van der Waals surface area contributed by atoms with Crippen molar-refractivity contribution in [3.63, 3.8) is 0 Å². The van der Waals surface area contributed by atoms with Gasteiger partial charge in [-0.2, -0.15) is 0 Å². The molecular weight excluding hydrogens is 562 g/mol. The minimum Gasteiger partial charge on any atom is -0.508 e. The van der Waals surface area contributed by atoms with Crippen molar-refractivity contribution >= 4 is 57.0 Å². The van der Waals surface area contributed by atoms with E-state index in [2.05, 4.69) is 31.6 Å². The summed E-state index contributed by atoms with van der Waals surface area (Å²) in [5, 5.41) is 45.7. The van der Waals surface area contributed by atoms with Crippen molar-refractivity contribution < 1.29 is 34.8 Å². The molecule has 14 heteroatoms. The van der Waals surface area contributed by atoms with Gasteiger partial charge in [-0.15, -0.1) is 0 Å². The number of nitrogens with two attached hydrogens (primary N) is 1. The molecule has 0 bridgehead atoms. The maximum atomic E-state index is 13.6. The highest BCUT2D eigenvalue weighted by atomic mass is 79.9. The topological polar surface area (TPSA) is 198 Å². The van der Waals surface area contributed by atoms with Crippen LogP contribution in [0, 0.1) is 0 Å². The smallest absolute Gasteiger partial charge is 0.305 e. The Morgan fingerprint density at radius 1 is 1.25 bits per heavy atom. The molecule has 0 saturated heterocycles. The number of carbonyl (C=O) groups is 3. The molecule has 12 nitrogen and oxygen atoms in total.